The van der Waals surface area contributed by atoms with Crippen LogP contribution in [0.4, 0.5) is 0 Å². The van der Waals surface area contributed by atoms with Gasteiger partial charge in [-0.15, -0.1) is 0 Å². The van der Waals surface area contributed by atoms with E-state index in [0.717, 1.165) is 5.69 Å². The topological polar surface area (TPSA) is 66.3 Å². The lowest BCUT2D eigenvalue weighted by Gasteiger charge is -2.15. The second kappa shape index (κ2) is 4.91. The molecule has 0 spiro atoms. The molecule has 0 aliphatic carbocycles. The Kier molecular flexibility index (Phi) is 3.32. The van der Waals surface area contributed by atoms with Crippen molar-refractivity contribution in [2.24, 2.45) is 0 Å². The molecule has 0 bridgehead atoms. The van der Waals surface area contributed by atoms with E-state index < -0.39 is 0 Å². The SMILES string of the molecule is Cc1cc(=O)c(C(=O)N(C)Cc2ccco2)c[nH]1. The van der Waals surface area contributed by atoms with Crippen molar-refractivity contribution in [1.82, 2.24) is 9.88 Å². The lowest BCUT2D eigenvalue weighted by molar-refractivity contribution is 0.0774. The largest absolute Gasteiger partial charge is 0.467 e. The van der Waals surface area contributed by atoms with E-state index in [1.165, 1.54) is 17.2 Å². The molecule has 2 aromatic rings. The van der Waals surface area contributed by atoms with E-state index in [4.69, 9.17) is 4.42 Å². The second-order valence-electron chi connectivity index (χ2n) is 4.13. The third-order valence-electron chi connectivity index (χ3n) is 2.61. The molecule has 2 heterocycles. The van der Waals surface area contributed by atoms with Crippen LogP contribution in [0.2, 0.25) is 0 Å². The molecule has 5 nitrogen and oxygen atoms in total. The quantitative estimate of drug-likeness (QED) is 0.893. The van der Waals surface area contributed by atoms with E-state index in [1.54, 1.807) is 32.4 Å². The summed E-state index contributed by atoms with van der Waals surface area (Å²) in [7, 11) is 1.63. The first-order valence-corrected chi connectivity index (χ1v) is 5.55. The van der Waals surface area contributed by atoms with Crippen molar-refractivity contribution in [2.45, 2.75) is 13.5 Å². The van der Waals surface area contributed by atoms with Gasteiger partial charge >= 0.3 is 0 Å². The van der Waals surface area contributed by atoms with E-state index in [9.17, 15) is 9.59 Å². The monoisotopic (exact) mass is 246 g/mol. The fourth-order valence-electron chi connectivity index (χ4n) is 1.65. The Hall–Kier alpha value is -2.30. The smallest absolute Gasteiger partial charge is 0.259 e. The highest BCUT2D eigenvalue weighted by Crippen LogP contribution is 2.06. The lowest BCUT2D eigenvalue weighted by atomic mass is 10.2. The predicted octanol–water partition coefficient (Wildman–Crippen LogP) is 1.55. The van der Waals surface area contributed by atoms with Crippen LogP contribution in [0.15, 0.2) is 39.9 Å². The van der Waals surface area contributed by atoms with Crippen LogP contribution in [0, 0.1) is 6.92 Å². The van der Waals surface area contributed by atoms with Crippen molar-refractivity contribution in [3.05, 3.63) is 57.9 Å². The van der Waals surface area contributed by atoms with Crippen LogP contribution in [0.25, 0.3) is 0 Å². The number of carbonyl (C=O) groups is 1. The molecule has 0 aromatic carbocycles. The molecular weight excluding hydrogens is 232 g/mol. The van der Waals surface area contributed by atoms with Crippen LogP contribution in [-0.4, -0.2) is 22.8 Å². The van der Waals surface area contributed by atoms with Gasteiger partial charge in [0.2, 0.25) is 0 Å². The summed E-state index contributed by atoms with van der Waals surface area (Å²) < 4.78 is 5.16. The molecule has 0 fully saturated rings. The summed E-state index contributed by atoms with van der Waals surface area (Å²) in [5.74, 6) is 0.349. The van der Waals surface area contributed by atoms with Crippen LogP contribution in [0.1, 0.15) is 21.8 Å². The molecule has 18 heavy (non-hydrogen) atoms. The summed E-state index contributed by atoms with van der Waals surface area (Å²) in [5, 5.41) is 0. The molecule has 2 aromatic heterocycles. The minimum atomic E-state index is -0.326. The number of aromatic amines is 1. The number of hydrogen-bond donors (Lipinski definition) is 1. The highest BCUT2D eigenvalue weighted by atomic mass is 16.3. The Balaban J connectivity index is 2.18. The van der Waals surface area contributed by atoms with Gasteiger partial charge in [-0.05, 0) is 19.1 Å². The van der Waals surface area contributed by atoms with E-state index in [0.29, 0.717) is 12.3 Å². The standard InChI is InChI=1S/C13H14N2O3/c1-9-6-12(16)11(7-14-9)13(17)15(2)8-10-4-3-5-18-10/h3-7H,8H2,1-2H3,(H,14,16). The number of carbonyl (C=O) groups excluding carboxylic acids is 1. The van der Waals surface area contributed by atoms with Gasteiger partial charge in [0, 0.05) is 25.0 Å². The van der Waals surface area contributed by atoms with Crippen LogP contribution in [0.3, 0.4) is 0 Å². The molecule has 0 unspecified atom stereocenters. The number of H-pyrrole nitrogens is 1. The average molecular weight is 246 g/mol. The van der Waals surface area contributed by atoms with Gasteiger partial charge in [0.05, 0.1) is 12.8 Å². The van der Waals surface area contributed by atoms with Gasteiger partial charge in [0.1, 0.15) is 11.3 Å². The van der Waals surface area contributed by atoms with Gasteiger partial charge in [-0.2, -0.15) is 0 Å². The molecule has 1 N–H and O–H groups in total. The molecule has 0 saturated carbocycles. The molecule has 0 radical (unpaired) electrons. The zero-order chi connectivity index (χ0) is 13.1. The number of nitrogens with one attached hydrogen (secondary N) is 1. The summed E-state index contributed by atoms with van der Waals surface area (Å²) in [6, 6.07) is 4.95. The highest BCUT2D eigenvalue weighted by molar-refractivity contribution is 5.93. The average Bonchev–Trinajstić information content (AvgIpc) is 2.81. The second-order valence-corrected chi connectivity index (χ2v) is 4.13. The number of rotatable bonds is 3. The summed E-state index contributed by atoms with van der Waals surface area (Å²) in [5.41, 5.74) is 0.586. The molecule has 94 valence electrons. The van der Waals surface area contributed by atoms with E-state index in [2.05, 4.69) is 4.98 Å². The maximum Gasteiger partial charge on any atom is 0.259 e. The number of amides is 1. The molecule has 0 atom stereocenters. The van der Waals surface area contributed by atoms with Crippen molar-refractivity contribution in [1.29, 1.82) is 0 Å². The lowest BCUT2D eigenvalue weighted by Crippen LogP contribution is -2.30. The zero-order valence-electron chi connectivity index (χ0n) is 10.3. The van der Waals surface area contributed by atoms with Crippen LogP contribution in [0.5, 0.6) is 0 Å². The molecule has 1 amide bonds. The summed E-state index contributed by atoms with van der Waals surface area (Å²) in [6.45, 7) is 2.10. The first-order valence-electron chi connectivity index (χ1n) is 5.55. The van der Waals surface area contributed by atoms with Crippen LogP contribution >= 0.6 is 0 Å². The maximum atomic E-state index is 12.1. The van der Waals surface area contributed by atoms with Crippen molar-refractivity contribution >= 4 is 5.91 Å². The Morgan fingerprint density at radius 2 is 2.28 bits per heavy atom. The minimum absolute atomic E-state index is 0.134. The summed E-state index contributed by atoms with van der Waals surface area (Å²) in [4.78, 5) is 28.1. The Morgan fingerprint density at radius 1 is 1.50 bits per heavy atom. The normalized spacial score (nSPS) is 10.3. The fraction of sp³-hybridized carbons (Fsp3) is 0.231. The maximum absolute atomic E-state index is 12.1. The number of aryl methyl sites for hydroxylation is 1. The molecular formula is C13H14N2O3. The Bertz CT molecular complexity index is 599. The van der Waals surface area contributed by atoms with E-state index in [1.807, 2.05) is 0 Å². The summed E-state index contributed by atoms with van der Waals surface area (Å²) >= 11 is 0. The third kappa shape index (κ3) is 2.51. The predicted molar refractivity (Wildman–Crippen MR) is 66.3 cm³/mol. The minimum Gasteiger partial charge on any atom is -0.467 e. The van der Waals surface area contributed by atoms with Crippen LogP contribution < -0.4 is 5.43 Å². The van der Waals surface area contributed by atoms with Crippen LogP contribution in [-0.2, 0) is 6.54 Å². The van der Waals surface area contributed by atoms with Gasteiger partial charge in [-0.1, -0.05) is 0 Å². The Labute approximate surface area is 104 Å². The van der Waals surface area contributed by atoms with Gasteiger partial charge in [-0.25, -0.2) is 0 Å². The molecule has 2 rings (SSSR count). The van der Waals surface area contributed by atoms with Gasteiger partial charge in [-0.3, -0.25) is 9.59 Å². The van der Waals surface area contributed by atoms with Crippen molar-refractivity contribution in [3.63, 3.8) is 0 Å². The number of nitrogens with zero attached hydrogens (tertiary/aromatic N) is 1. The van der Waals surface area contributed by atoms with Gasteiger partial charge in [0.25, 0.3) is 5.91 Å². The first-order chi connectivity index (χ1) is 8.58. The molecule has 0 saturated heterocycles. The van der Waals surface area contributed by atoms with E-state index in [-0.39, 0.29) is 16.9 Å². The summed E-state index contributed by atoms with van der Waals surface area (Å²) in [6.07, 6.45) is 2.99. The number of furan rings is 1. The first kappa shape index (κ1) is 12.2. The third-order valence-corrected chi connectivity index (χ3v) is 2.61. The van der Waals surface area contributed by atoms with Gasteiger partial charge in [0.15, 0.2) is 5.43 Å². The fourth-order valence-corrected chi connectivity index (χ4v) is 1.65. The number of aromatic nitrogens is 1. The molecule has 5 heteroatoms. The number of pyridine rings is 1. The Morgan fingerprint density at radius 3 is 2.89 bits per heavy atom. The van der Waals surface area contributed by atoms with Crippen molar-refractivity contribution < 1.29 is 9.21 Å². The van der Waals surface area contributed by atoms with E-state index >= 15 is 0 Å². The van der Waals surface area contributed by atoms with Gasteiger partial charge < -0.3 is 14.3 Å². The number of hydrogen-bond acceptors (Lipinski definition) is 3. The van der Waals surface area contributed by atoms with Crippen molar-refractivity contribution in [2.75, 3.05) is 7.05 Å². The molecule has 0 aliphatic heterocycles. The molecule has 0 aliphatic rings. The zero-order valence-corrected chi connectivity index (χ0v) is 10.3. The van der Waals surface area contributed by atoms with Crippen molar-refractivity contribution in [3.8, 4) is 0 Å². The highest BCUT2D eigenvalue weighted by Gasteiger charge is 2.16.